The highest BCUT2D eigenvalue weighted by Gasteiger charge is 2.39. The molecule has 2 rings (SSSR count). The Morgan fingerprint density at radius 3 is 3.19 bits per heavy atom. The zero-order valence-electron chi connectivity index (χ0n) is 9.15. The van der Waals surface area contributed by atoms with Gasteiger partial charge in [0, 0.05) is 20.1 Å². The van der Waals surface area contributed by atoms with Gasteiger partial charge in [-0.05, 0) is 0 Å². The average Bonchev–Trinajstić information content (AvgIpc) is 2.83. The van der Waals surface area contributed by atoms with Crippen molar-refractivity contribution < 1.29 is 14.6 Å². The van der Waals surface area contributed by atoms with Crippen LogP contribution >= 0.6 is 11.6 Å². The van der Waals surface area contributed by atoms with E-state index in [2.05, 4.69) is 5.10 Å². The Hall–Kier alpha value is -0.620. The van der Waals surface area contributed by atoms with Crippen LogP contribution in [0.15, 0.2) is 6.20 Å². The third-order valence-electron chi connectivity index (χ3n) is 2.74. The number of aromatic nitrogens is 2. The van der Waals surface area contributed by atoms with E-state index in [1.54, 1.807) is 18.0 Å². The predicted octanol–water partition coefficient (Wildman–Crippen LogP) is 0.791. The summed E-state index contributed by atoms with van der Waals surface area (Å²) in [4.78, 5) is 0. The van der Waals surface area contributed by atoms with Gasteiger partial charge in [-0.3, -0.25) is 4.68 Å². The van der Waals surface area contributed by atoms with Crippen LogP contribution in [0.3, 0.4) is 0 Å². The zero-order valence-corrected chi connectivity index (χ0v) is 9.90. The number of hydrogen-bond acceptors (Lipinski definition) is 4. The van der Waals surface area contributed by atoms with Crippen molar-refractivity contribution in [3.8, 4) is 0 Å². The molecule has 1 unspecified atom stereocenters. The Morgan fingerprint density at radius 2 is 2.56 bits per heavy atom. The fraction of sp³-hybridized carbons (Fsp3) is 0.700. The Balaban J connectivity index is 2.27. The number of hydrogen-bond donors (Lipinski definition) is 1. The molecule has 90 valence electrons. The van der Waals surface area contributed by atoms with Gasteiger partial charge in [0.25, 0.3) is 0 Å². The molecule has 5 nitrogen and oxygen atoms in total. The number of rotatable bonds is 4. The van der Waals surface area contributed by atoms with Gasteiger partial charge in [-0.15, -0.1) is 0 Å². The SMILES string of the molecule is COCCn1ncc(Cl)c1C1(O)CCOC1. The van der Waals surface area contributed by atoms with E-state index in [0.717, 1.165) is 0 Å². The molecule has 1 saturated heterocycles. The summed E-state index contributed by atoms with van der Waals surface area (Å²) in [6, 6.07) is 0. The van der Waals surface area contributed by atoms with Gasteiger partial charge in [-0.1, -0.05) is 11.6 Å². The van der Waals surface area contributed by atoms with Crippen molar-refractivity contribution in [3.05, 3.63) is 16.9 Å². The molecule has 0 aromatic carbocycles. The number of halogens is 1. The molecule has 0 saturated carbocycles. The molecule has 1 aromatic heterocycles. The Bertz CT molecular complexity index is 361. The van der Waals surface area contributed by atoms with Gasteiger partial charge in [0.05, 0.1) is 36.7 Å². The third kappa shape index (κ3) is 2.08. The molecule has 1 N–H and O–H groups in total. The van der Waals surface area contributed by atoms with Gasteiger partial charge in [0.15, 0.2) is 0 Å². The molecule has 1 fully saturated rings. The van der Waals surface area contributed by atoms with Gasteiger partial charge in [0.2, 0.25) is 0 Å². The lowest BCUT2D eigenvalue weighted by Crippen LogP contribution is -2.30. The molecule has 0 radical (unpaired) electrons. The average molecular weight is 247 g/mol. The summed E-state index contributed by atoms with van der Waals surface area (Å²) >= 11 is 6.05. The first-order chi connectivity index (χ1) is 7.67. The molecule has 0 aliphatic carbocycles. The molecule has 0 amide bonds. The van der Waals surface area contributed by atoms with Crippen LogP contribution in [-0.4, -0.2) is 41.8 Å². The van der Waals surface area contributed by atoms with Crippen molar-refractivity contribution in [1.29, 1.82) is 0 Å². The van der Waals surface area contributed by atoms with E-state index in [-0.39, 0.29) is 6.61 Å². The van der Waals surface area contributed by atoms with Crippen LogP contribution in [-0.2, 0) is 21.6 Å². The van der Waals surface area contributed by atoms with Crippen molar-refractivity contribution in [3.63, 3.8) is 0 Å². The highest BCUT2D eigenvalue weighted by Crippen LogP contribution is 2.34. The lowest BCUT2D eigenvalue weighted by Gasteiger charge is -2.22. The molecule has 1 aliphatic rings. The van der Waals surface area contributed by atoms with E-state index in [4.69, 9.17) is 21.1 Å². The molecule has 6 heteroatoms. The second-order valence-corrected chi connectivity index (χ2v) is 4.30. The van der Waals surface area contributed by atoms with Crippen LogP contribution in [0.25, 0.3) is 0 Å². The van der Waals surface area contributed by atoms with Crippen LogP contribution < -0.4 is 0 Å². The summed E-state index contributed by atoms with van der Waals surface area (Å²) in [7, 11) is 1.62. The quantitative estimate of drug-likeness (QED) is 0.854. The van der Waals surface area contributed by atoms with E-state index >= 15 is 0 Å². The molecule has 1 aromatic rings. The summed E-state index contributed by atoms with van der Waals surface area (Å²) in [5.41, 5.74) is -0.384. The Morgan fingerprint density at radius 1 is 1.75 bits per heavy atom. The number of ether oxygens (including phenoxy) is 2. The number of methoxy groups -OCH3 is 1. The lowest BCUT2D eigenvalue weighted by molar-refractivity contribution is 0.0144. The monoisotopic (exact) mass is 246 g/mol. The molecule has 0 spiro atoms. The highest BCUT2D eigenvalue weighted by molar-refractivity contribution is 6.31. The fourth-order valence-electron chi connectivity index (χ4n) is 1.91. The van der Waals surface area contributed by atoms with Crippen molar-refractivity contribution in [2.75, 3.05) is 26.9 Å². The predicted molar refractivity (Wildman–Crippen MR) is 58.4 cm³/mol. The van der Waals surface area contributed by atoms with Crippen molar-refractivity contribution in [2.45, 2.75) is 18.6 Å². The van der Waals surface area contributed by atoms with Crippen LogP contribution in [0.2, 0.25) is 5.02 Å². The maximum atomic E-state index is 10.4. The summed E-state index contributed by atoms with van der Waals surface area (Å²) < 4.78 is 11.9. The summed E-state index contributed by atoms with van der Waals surface area (Å²) in [6.07, 6.45) is 2.09. The van der Waals surface area contributed by atoms with Gasteiger partial charge >= 0.3 is 0 Å². The Labute approximate surface area is 98.9 Å². The van der Waals surface area contributed by atoms with Gasteiger partial charge in [-0.25, -0.2) is 0 Å². The Kier molecular flexibility index (Phi) is 3.49. The van der Waals surface area contributed by atoms with Gasteiger partial charge in [-0.2, -0.15) is 5.10 Å². The molecule has 1 aliphatic heterocycles. The highest BCUT2D eigenvalue weighted by atomic mass is 35.5. The van der Waals surface area contributed by atoms with Crippen molar-refractivity contribution in [1.82, 2.24) is 9.78 Å². The first-order valence-electron chi connectivity index (χ1n) is 5.18. The minimum Gasteiger partial charge on any atom is -0.383 e. The first-order valence-corrected chi connectivity index (χ1v) is 5.56. The second-order valence-electron chi connectivity index (χ2n) is 3.89. The van der Waals surface area contributed by atoms with Crippen molar-refractivity contribution >= 4 is 11.6 Å². The largest absolute Gasteiger partial charge is 0.383 e. The maximum absolute atomic E-state index is 10.4. The summed E-state index contributed by atoms with van der Waals surface area (Å²) in [6.45, 7) is 1.91. The molecule has 16 heavy (non-hydrogen) atoms. The van der Waals surface area contributed by atoms with Gasteiger partial charge in [0.1, 0.15) is 5.60 Å². The van der Waals surface area contributed by atoms with E-state index < -0.39 is 5.60 Å². The summed E-state index contributed by atoms with van der Waals surface area (Å²) in [5.74, 6) is 0. The van der Waals surface area contributed by atoms with E-state index in [1.165, 1.54) is 0 Å². The van der Waals surface area contributed by atoms with Crippen molar-refractivity contribution in [2.24, 2.45) is 0 Å². The number of aliphatic hydroxyl groups is 1. The number of nitrogens with zero attached hydrogens (tertiary/aromatic N) is 2. The first kappa shape index (κ1) is 11.9. The zero-order chi connectivity index (χ0) is 11.6. The maximum Gasteiger partial charge on any atom is 0.133 e. The molecule has 2 heterocycles. The summed E-state index contributed by atoms with van der Waals surface area (Å²) in [5, 5.41) is 15.0. The molecule has 0 bridgehead atoms. The normalized spacial score (nSPS) is 25.2. The fourth-order valence-corrected chi connectivity index (χ4v) is 2.23. The van der Waals surface area contributed by atoms with E-state index in [0.29, 0.717) is 36.9 Å². The molecule has 1 atom stereocenters. The minimum absolute atomic E-state index is 0.269. The van der Waals surface area contributed by atoms with Crippen LogP contribution in [0.1, 0.15) is 12.1 Å². The van der Waals surface area contributed by atoms with Crippen LogP contribution in [0.4, 0.5) is 0 Å². The molecular weight excluding hydrogens is 232 g/mol. The topological polar surface area (TPSA) is 56.5 Å². The van der Waals surface area contributed by atoms with Crippen LogP contribution in [0, 0.1) is 0 Å². The van der Waals surface area contributed by atoms with Gasteiger partial charge < -0.3 is 14.6 Å². The van der Waals surface area contributed by atoms with E-state index in [9.17, 15) is 5.11 Å². The lowest BCUT2D eigenvalue weighted by atomic mass is 9.99. The standard InChI is InChI=1S/C10H15ClN2O3/c1-15-5-3-13-9(8(11)6-12-13)10(14)2-4-16-7-10/h6,14H,2-5,7H2,1H3. The molecular formula is C10H15ClN2O3. The van der Waals surface area contributed by atoms with Crippen LogP contribution in [0.5, 0.6) is 0 Å². The minimum atomic E-state index is -1.01. The van der Waals surface area contributed by atoms with E-state index in [1.807, 2.05) is 0 Å². The smallest absolute Gasteiger partial charge is 0.133 e. The second kappa shape index (κ2) is 4.71. The third-order valence-corrected chi connectivity index (χ3v) is 3.02.